The third-order valence-electron chi connectivity index (χ3n) is 6.65. The first-order chi connectivity index (χ1) is 16.0. The number of aryl methyl sites for hydroxylation is 1. The molecule has 3 aromatic rings. The van der Waals surface area contributed by atoms with Gasteiger partial charge in [0.25, 0.3) is 11.5 Å². The lowest BCUT2D eigenvalue weighted by atomic mass is 10.0. The second kappa shape index (κ2) is 8.90. The van der Waals surface area contributed by atoms with Crippen LogP contribution in [-0.4, -0.2) is 38.8 Å². The van der Waals surface area contributed by atoms with Gasteiger partial charge in [0.15, 0.2) is 0 Å². The van der Waals surface area contributed by atoms with Crippen molar-refractivity contribution in [1.29, 1.82) is 0 Å². The predicted molar refractivity (Wildman–Crippen MR) is 123 cm³/mol. The number of H-pyrrole nitrogens is 1. The quantitative estimate of drug-likeness (QED) is 0.663. The van der Waals surface area contributed by atoms with Crippen molar-refractivity contribution in [3.05, 3.63) is 98.5 Å². The van der Waals surface area contributed by atoms with Gasteiger partial charge in [0.05, 0.1) is 17.3 Å². The summed E-state index contributed by atoms with van der Waals surface area (Å²) < 4.78 is 14.1. The third-order valence-corrected chi connectivity index (χ3v) is 6.65. The van der Waals surface area contributed by atoms with Crippen molar-refractivity contribution in [1.82, 2.24) is 19.8 Å². The van der Waals surface area contributed by atoms with Crippen LogP contribution < -0.4 is 5.56 Å². The fraction of sp³-hybridized carbons (Fsp3) is 0.346. The van der Waals surface area contributed by atoms with Crippen molar-refractivity contribution in [3.8, 4) is 0 Å². The van der Waals surface area contributed by atoms with Gasteiger partial charge in [-0.2, -0.15) is 0 Å². The summed E-state index contributed by atoms with van der Waals surface area (Å²) in [7, 11) is 0. The van der Waals surface area contributed by atoms with Crippen molar-refractivity contribution >= 4 is 5.91 Å². The Morgan fingerprint density at radius 1 is 1.15 bits per heavy atom. The Morgan fingerprint density at radius 2 is 1.94 bits per heavy atom. The van der Waals surface area contributed by atoms with E-state index in [-0.39, 0.29) is 23.3 Å². The molecule has 6 nitrogen and oxygen atoms in total. The number of fused-ring (bicyclic) bond motifs is 1. The van der Waals surface area contributed by atoms with Gasteiger partial charge >= 0.3 is 0 Å². The number of halogens is 1. The predicted octanol–water partition coefficient (Wildman–Crippen LogP) is 3.75. The highest BCUT2D eigenvalue weighted by molar-refractivity contribution is 5.94. The lowest BCUT2D eigenvalue weighted by molar-refractivity contribution is 0.0729. The zero-order chi connectivity index (χ0) is 22.9. The van der Waals surface area contributed by atoms with E-state index in [0.29, 0.717) is 55.1 Å². The number of benzene rings is 2. The van der Waals surface area contributed by atoms with Crippen LogP contribution in [0.25, 0.3) is 0 Å². The third kappa shape index (κ3) is 4.33. The summed E-state index contributed by atoms with van der Waals surface area (Å²) in [6, 6.07) is 14.1. The zero-order valence-electron chi connectivity index (χ0n) is 18.7. The first kappa shape index (κ1) is 21.5. The molecule has 2 aromatic carbocycles. The van der Waals surface area contributed by atoms with E-state index in [9.17, 15) is 14.0 Å². The van der Waals surface area contributed by atoms with Crippen LogP contribution in [0.15, 0.2) is 53.3 Å². The summed E-state index contributed by atoms with van der Waals surface area (Å²) in [6.07, 6.45) is 2.28. The molecule has 2 aliphatic heterocycles. The molecule has 1 unspecified atom stereocenters. The molecule has 0 radical (unpaired) electrons. The Bertz CT molecular complexity index is 1240. The van der Waals surface area contributed by atoms with Crippen molar-refractivity contribution in [3.63, 3.8) is 0 Å². The number of carbonyl (C=O) groups excluding carboxylic acids is 1. The Hall–Kier alpha value is -3.32. The lowest BCUT2D eigenvalue weighted by Crippen LogP contribution is -2.38. The number of rotatable bonds is 4. The molecule has 2 aliphatic rings. The van der Waals surface area contributed by atoms with Crippen molar-refractivity contribution in [2.45, 2.75) is 45.3 Å². The van der Waals surface area contributed by atoms with Gasteiger partial charge in [-0.25, -0.2) is 9.37 Å². The second-order valence-corrected chi connectivity index (χ2v) is 8.95. The number of carbonyl (C=O) groups is 1. The van der Waals surface area contributed by atoms with Crippen LogP contribution >= 0.6 is 0 Å². The minimum atomic E-state index is -0.231. The molecule has 5 rings (SSSR count). The molecule has 7 heteroatoms. The topological polar surface area (TPSA) is 69.3 Å². The molecule has 1 amide bonds. The molecule has 0 aliphatic carbocycles. The highest BCUT2D eigenvalue weighted by Crippen LogP contribution is 2.31. The van der Waals surface area contributed by atoms with Crippen LogP contribution in [0, 0.1) is 12.7 Å². The van der Waals surface area contributed by atoms with E-state index >= 15 is 0 Å². The first-order valence-electron chi connectivity index (χ1n) is 11.4. The zero-order valence-corrected chi connectivity index (χ0v) is 18.7. The maximum absolute atomic E-state index is 14.1. The SMILES string of the molecule is Cc1ccc(C(=O)N2CCCC2c2nc3c(c(=O)[nH]2)CN(Cc2ccccc2F)CC3)cc1. The average Bonchev–Trinajstić information content (AvgIpc) is 3.31. The minimum Gasteiger partial charge on any atom is -0.328 e. The highest BCUT2D eigenvalue weighted by Gasteiger charge is 2.33. The van der Waals surface area contributed by atoms with Gasteiger partial charge in [-0.05, 0) is 38.0 Å². The number of aromatic amines is 1. The molecular formula is C26H27FN4O2. The van der Waals surface area contributed by atoms with E-state index in [1.54, 1.807) is 12.1 Å². The number of hydrogen-bond donors (Lipinski definition) is 1. The highest BCUT2D eigenvalue weighted by atomic mass is 19.1. The molecule has 33 heavy (non-hydrogen) atoms. The first-order valence-corrected chi connectivity index (χ1v) is 11.4. The molecule has 170 valence electrons. The van der Waals surface area contributed by atoms with E-state index in [1.807, 2.05) is 42.2 Å². The molecule has 1 atom stereocenters. The molecule has 1 fully saturated rings. The van der Waals surface area contributed by atoms with Gasteiger partial charge in [0.2, 0.25) is 0 Å². The molecular weight excluding hydrogens is 419 g/mol. The van der Waals surface area contributed by atoms with Gasteiger partial charge in [-0.1, -0.05) is 35.9 Å². The van der Waals surface area contributed by atoms with Crippen LogP contribution in [-0.2, 0) is 19.5 Å². The van der Waals surface area contributed by atoms with Crippen molar-refractivity contribution < 1.29 is 9.18 Å². The summed E-state index contributed by atoms with van der Waals surface area (Å²) in [5, 5.41) is 0. The molecule has 1 saturated heterocycles. The molecule has 0 bridgehead atoms. The molecule has 1 aromatic heterocycles. The van der Waals surface area contributed by atoms with E-state index in [1.165, 1.54) is 6.07 Å². The van der Waals surface area contributed by atoms with Gasteiger partial charge in [-0.3, -0.25) is 14.5 Å². The number of aromatic nitrogens is 2. The van der Waals surface area contributed by atoms with Crippen molar-refractivity contribution in [2.75, 3.05) is 13.1 Å². The molecule has 1 N–H and O–H groups in total. The molecule has 3 heterocycles. The maximum Gasteiger partial charge on any atom is 0.255 e. The minimum absolute atomic E-state index is 0.0334. The van der Waals surface area contributed by atoms with E-state index in [0.717, 1.165) is 24.1 Å². The van der Waals surface area contributed by atoms with Crippen LogP contribution in [0.1, 0.15) is 57.5 Å². The summed E-state index contributed by atoms with van der Waals surface area (Å²) in [5.41, 5.74) is 3.64. The van der Waals surface area contributed by atoms with Crippen LogP contribution in [0.5, 0.6) is 0 Å². The Labute approximate surface area is 192 Å². The summed E-state index contributed by atoms with van der Waals surface area (Å²) in [4.78, 5) is 37.8. The Morgan fingerprint density at radius 3 is 2.73 bits per heavy atom. The fourth-order valence-electron chi connectivity index (χ4n) is 4.82. The Kier molecular flexibility index (Phi) is 5.81. The monoisotopic (exact) mass is 446 g/mol. The summed E-state index contributed by atoms with van der Waals surface area (Å²) in [5.74, 6) is 0.304. The fourth-order valence-corrected chi connectivity index (χ4v) is 4.82. The van der Waals surface area contributed by atoms with Crippen LogP contribution in [0.4, 0.5) is 4.39 Å². The lowest BCUT2D eigenvalue weighted by Gasteiger charge is -2.29. The number of likely N-dealkylation sites (tertiary alicyclic amines) is 1. The largest absolute Gasteiger partial charge is 0.328 e. The second-order valence-electron chi connectivity index (χ2n) is 8.95. The van der Waals surface area contributed by atoms with E-state index < -0.39 is 0 Å². The summed E-state index contributed by atoms with van der Waals surface area (Å²) in [6.45, 7) is 4.23. The van der Waals surface area contributed by atoms with Crippen LogP contribution in [0.2, 0.25) is 0 Å². The average molecular weight is 447 g/mol. The van der Waals surface area contributed by atoms with E-state index in [4.69, 9.17) is 4.98 Å². The van der Waals surface area contributed by atoms with E-state index in [2.05, 4.69) is 9.88 Å². The number of amides is 1. The number of nitrogens with one attached hydrogen (secondary N) is 1. The maximum atomic E-state index is 14.1. The van der Waals surface area contributed by atoms with Gasteiger partial charge in [-0.15, -0.1) is 0 Å². The normalized spacial score (nSPS) is 18.4. The van der Waals surface area contributed by atoms with Gasteiger partial charge < -0.3 is 9.88 Å². The van der Waals surface area contributed by atoms with Gasteiger partial charge in [0, 0.05) is 43.7 Å². The molecule has 0 saturated carbocycles. The standard InChI is InChI=1S/C26H27FN4O2/c1-17-8-10-18(11-9-17)26(33)31-13-4-7-23(31)24-28-22-12-14-30(16-20(22)25(32)29-24)15-19-5-2-3-6-21(19)27/h2-3,5-6,8-11,23H,4,7,12-16H2,1H3,(H,28,29,32). The number of nitrogens with zero attached hydrogens (tertiary/aromatic N) is 3. The van der Waals surface area contributed by atoms with Gasteiger partial charge in [0.1, 0.15) is 11.6 Å². The molecule has 0 spiro atoms. The van der Waals surface area contributed by atoms with Crippen LogP contribution in [0.3, 0.4) is 0 Å². The van der Waals surface area contributed by atoms with Crippen molar-refractivity contribution in [2.24, 2.45) is 0 Å². The Balaban J connectivity index is 1.36. The smallest absolute Gasteiger partial charge is 0.255 e. The number of hydrogen-bond acceptors (Lipinski definition) is 4. The summed E-state index contributed by atoms with van der Waals surface area (Å²) >= 11 is 0.